The molecule has 0 N–H and O–H groups in total. The Morgan fingerprint density at radius 2 is 2.05 bits per heavy atom. The normalized spacial score (nSPS) is 11.2. The highest BCUT2D eigenvalue weighted by molar-refractivity contribution is 7.11. The van der Waals surface area contributed by atoms with E-state index in [9.17, 15) is 9.65 Å². The number of pyridine rings is 1. The van der Waals surface area contributed by atoms with Crippen LogP contribution in [0.25, 0.3) is 22.9 Å². The van der Waals surface area contributed by atoms with Crippen molar-refractivity contribution in [3.8, 4) is 17.3 Å². The smallest absolute Gasteiger partial charge is 0.134 e. The van der Waals surface area contributed by atoms with Gasteiger partial charge in [0.25, 0.3) is 0 Å². The van der Waals surface area contributed by atoms with Gasteiger partial charge in [0.05, 0.1) is 11.3 Å². The fourth-order valence-corrected chi connectivity index (χ4v) is 2.72. The molecule has 3 aromatic rings. The lowest BCUT2D eigenvalue weighted by molar-refractivity contribution is 0.628. The molecule has 3 nitrogen and oxygen atoms in total. The summed E-state index contributed by atoms with van der Waals surface area (Å²) in [6.07, 6.45) is 5.12. The predicted octanol–water partition coefficient (Wildman–Crippen LogP) is 4.41. The topological polar surface area (TPSA) is 49.6 Å². The first-order chi connectivity index (χ1) is 10.8. The minimum Gasteiger partial charge on any atom is -0.264 e. The number of thiazole rings is 1. The van der Waals surface area contributed by atoms with Gasteiger partial charge in [-0.15, -0.1) is 11.3 Å². The molecule has 106 valence electrons. The van der Waals surface area contributed by atoms with Gasteiger partial charge in [-0.2, -0.15) is 5.26 Å². The van der Waals surface area contributed by atoms with Crippen LogP contribution in [0.3, 0.4) is 0 Å². The van der Waals surface area contributed by atoms with Crippen LogP contribution < -0.4 is 0 Å². The minimum atomic E-state index is -0.284. The fourth-order valence-electron chi connectivity index (χ4n) is 1.92. The quantitative estimate of drug-likeness (QED) is 0.673. The van der Waals surface area contributed by atoms with Gasteiger partial charge in [0.15, 0.2) is 0 Å². The summed E-state index contributed by atoms with van der Waals surface area (Å²) in [6.45, 7) is 0. The molecule has 0 saturated heterocycles. The van der Waals surface area contributed by atoms with Crippen LogP contribution in [0.15, 0.2) is 54.2 Å². The first-order valence-electron chi connectivity index (χ1n) is 6.50. The maximum Gasteiger partial charge on any atom is 0.134 e. The van der Waals surface area contributed by atoms with E-state index in [1.165, 1.54) is 23.5 Å². The molecule has 0 aliphatic rings. The van der Waals surface area contributed by atoms with Crippen molar-refractivity contribution in [1.29, 1.82) is 5.26 Å². The molecule has 1 aromatic carbocycles. The Bertz CT molecular complexity index is 846. The van der Waals surface area contributed by atoms with Crippen molar-refractivity contribution in [2.45, 2.75) is 0 Å². The largest absolute Gasteiger partial charge is 0.264 e. The van der Waals surface area contributed by atoms with Gasteiger partial charge in [0.2, 0.25) is 0 Å². The standard InChI is InChI=1S/C17H10FN3S/c18-15-5-3-13(4-6-15)16-11-22-17(21-16)14(9-19)8-12-2-1-7-20-10-12/h1-8,10-11H. The Labute approximate surface area is 131 Å². The van der Waals surface area contributed by atoms with Crippen molar-refractivity contribution in [3.05, 3.63) is 70.6 Å². The molecule has 0 radical (unpaired) electrons. The summed E-state index contributed by atoms with van der Waals surface area (Å²) in [6, 6.07) is 12.0. The second-order valence-corrected chi connectivity index (χ2v) is 5.36. The SMILES string of the molecule is N#CC(=Cc1cccnc1)c1nc(-c2ccc(F)cc2)cs1. The van der Waals surface area contributed by atoms with E-state index in [0.717, 1.165) is 16.8 Å². The van der Waals surface area contributed by atoms with E-state index in [1.807, 2.05) is 17.5 Å². The van der Waals surface area contributed by atoms with Crippen LogP contribution in [-0.2, 0) is 0 Å². The van der Waals surface area contributed by atoms with Crippen molar-refractivity contribution < 1.29 is 4.39 Å². The highest BCUT2D eigenvalue weighted by Crippen LogP contribution is 2.27. The van der Waals surface area contributed by atoms with Crippen LogP contribution in [0.2, 0.25) is 0 Å². The van der Waals surface area contributed by atoms with Gasteiger partial charge in [-0.25, -0.2) is 9.37 Å². The molecule has 0 atom stereocenters. The molecule has 3 rings (SSSR count). The predicted molar refractivity (Wildman–Crippen MR) is 85.2 cm³/mol. The summed E-state index contributed by atoms with van der Waals surface area (Å²) in [4.78, 5) is 8.48. The summed E-state index contributed by atoms with van der Waals surface area (Å²) in [7, 11) is 0. The monoisotopic (exact) mass is 307 g/mol. The lowest BCUT2D eigenvalue weighted by Crippen LogP contribution is -1.83. The molecule has 2 heterocycles. The lowest BCUT2D eigenvalue weighted by Gasteiger charge is -1.96. The van der Waals surface area contributed by atoms with Crippen molar-refractivity contribution in [2.75, 3.05) is 0 Å². The molecule has 5 heteroatoms. The van der Waals surface area contributed by atoms with Gasteiger partial charge in [-0.05, 0) is 42.0 Å². The number of aromatic nitrogens is 2. The third-order valence-corrected chi connectivity index (χ3v) is 3.87. The maximum atomic E-state index is 13.0. The Morgan fingerprint density at radius 1 is 1.23 bits per heavy atom. The number of rotatable bonds is 3. The van der Waals surface area contributed by atoms with Crippen molar-refractivity contribution in [2.24, 2.45) is 0 Å². The zero-order chi connectivity index (χ0) is 15.4. The number of nitrogens with zero attached hydrogens (tertiary/aromatic N) is 3. The molecule has 0 aliphatic heterocycles. The van der Waals surface area contributed by atoms with Crippen LogP contribution in [-0.4, -0.2) is 9.97 Å². The Kier molecular flexibility index (Phi) is 4.03. The number of benzene rings is 1. The van der Waals surface area contributed by atoms with E-state index in [4.69, 9.17) is 0 Å². The molecule has 0 saturated carbocycles. The molecule has 0 amide bonds. The Morgan fingerprint density at radius 3 is 2.73 bits per heavy atom. The molecular weight excluding hydrogens is 297 g/mol. The molecule has 0 bridgehead atoms. The first-order valence-corrected chi connectivity index (χ1v) is 7.38. The third-order valence-electron chi connectivity index (χ3n) is 2.99. The number of hydrogen-bond donors (Lipinski definition) is 0. The Balaban J connectivity index is 1.94. The average molecular weight is 307 g/mol. The van der Waals surface area contributed by atoms with E-state index in [2.05, 4.69) is 16.0 Å². The Hall–Kier alpha value is -2.84. The minimum absolute atomic E-state index is 0.284. The third kappa shape index (κ3) is 3.08. The summed E-state index contributed by atoms with van der Waals surface area (Å²) >= 11 is 1.38. The number of nitriles is 1. The van der Waals surface area contributed by atoms with Crippen LogP contribution in [0.5, 0.6) is 0 Å². The van der Waals surface area contributed by atoms with Gasteiger partial charge < -0.3 is 0 Å². The first kappa shape index (κ1) is 14.1. The van der Waals surface area contributed by atoms with Crippen LogP contribution in [0.4, 0.5) is 4.39 Å². The van der Waals surface area contributed by atoms with E-state index in [-0.39, 0.29) is 5.82 Å². The maximum absolute atomic E-state index is 13.0. The highest BCUT2D eigenvalue weighted by Gasteiger charge is 2.09. The van der Waals surface area contributed by atoms with Crippen LogP contribution in [0, 0.1) is 17.1 Å². The number of halogens is 1. The molecule has 2 aromatic heterocycles. The average Bonchev–Trinajstić information content (AvgIpc) is 3.04. The van der Waals surface area contributed by atoms with Crippen molar-refractivity contribution in [1.82, 2.24) is 9.97 Å². The highest BCUT2D eigenvalue weighted by atomic mass is 32.1. The second kappa shape index (κ2) is 6.29. The van der Waals surface area contributed by atoms with E-state index < -0.39 is 0 Å². The number of hydrogen-bond acceptors (Lipinski definition) is 4. The van der Waals surface area contributed by atoms with E-state index >= 15 is 0 Å². The zero-order valence-corrected chi connectivity index (χ0v) is 12.2. The van der Waals surface area contributed by atoms with E-state index in [1.54, 1.807) is 30.6 Å². The lowest BCUT2D eigenvalue weighted by atomic mass is 10.1. The summed E-state index contributed by atoms with van der Waals surface area (Å²) in [5.41, 5.74) is 2.87. The van der Waals surface area contributed by atoms with Gasteiger partial charge in [-0.3, -0.25) is 4.98 Å². The van der Waals surface area contributed by atoms with Gasteiger partial charge in [-0.1, -0.05) is 6.07 Å². The molecule has 0 spiro atoms. The molecule has 0 fully saturated rings. The van der Waals surface area contributed by atoms with Gasteiger partial charge in [0.1, 0.15) is 16.9 Å². The van der Waals surface area contributed by atoms with Crippen molar-refractivity contribution >= 4 is 23.0 Å². The van der Waals surface area contributed by atoms with Crippen LogP contribution >= 0.6 is 11.3 Å². The van der Waals surface area contributed by atoms with Gasteiger partial charge >= 0.3 is 0 Å². The summed E-state index contributed by atoms with van der Waals surface area (Å²) in [5, 5.41) is 11.8. The van der Waals surface area contributed by atoms with Gasteiger partial charge in [0, 0.05) is 23.3 Å². The summed E-state index contributed by atoms with van der Waals surface area (Å²) in [5.74, 6) is -0.284. The molecular formula is C17H10FN3S. The second-order valence-electron chi connectivity index (χ2n) is 4.50. The zero-order valence-electron chi connectivity index (χ0n) is 11.4. The van der Waals surface area contributed by atoms with Crippen LogP contribution in [0.1, 0.15) is 10.6 Å². The molecule has 22 heavy (non-hydrogen) atoms. The molecule has 0 unspecified atom stereocenters. The number of allylic oxidation sites excluding steroid dienone is 1. The summed E-state index contributed by atoms with van der Waals surface area (Å²) < 4.78 is 13.0. The molecule has 0 aliphatic carbocycles. The fraction of sp³-hybridized carbons (Fsp3) is 0. The van der Waals surface area contributed by atoms with E-state index in [0.29, 0.717) is 10.6 Å². The van der Waals surface area contributed by atoms with Crippen molar-refractivity contribution in [3.63, 3.8) is 0 Å².